The van der Waals surface area contributed by atoms with E-state index in [2.05, 4.69) is 19.2 Å². The van der Waals surface area contributed by atoms with Gasteiger partial charge in [0.2, 0.25) is 10.0 Å². The fourth-order valence-corrected chi connectivity index (χ4v) is 4.17. The number of nitrogens with one attached hydrogen (secondary N) is 1. The summed E-state index contributed by atoms with van der Waals surface area (Å²) in [7, 11) is -3.45. The second-order valence-corrected chi connectivity index (χ2v) is 7.71. The van der Waals surface area contributed by atoms with Crippen molar-refractivity contribution >= 4 is 10.0 Å². The minimum atomic E-state index is -3.45. The number of hydrogen-bond donors (Lipinski definition) is 1. The number of nitrogens with zero attached hydrogens (tertiary/aromatic N) is 1. The average molecular weight is 312 g/mol. The molecule has 0 bridgehead atoms. The SMILES string of the molecule is CCCN(C(C)C)S(=O)(=O)c1ccccc1CNC(C)C. The highest BCUT2D eigenvalue weighted by Crippen LogP contribution is 2.22. The normalized spacial score (nSPS) is 12.6. The van der Waals surface area contributed by atoms with E-state index in [0.29, 0.717) is 24.0 Å². The zero-order valence-electron chi connectivity index (χ0n) is 13.8. The Hall–Kier alpha value is -0.910. The molecule has 1 aromatic carbocycles. The fraction of sp³-hybridized carbons (Fsp3) is 0.625. The van der Waals surface area contributed by atoms with E-state index in [-0.39, 0.29) is 6.04 Å². The van der Waals surface area contributed by atoms with Crippen LogP contribution in [0.15, 0.2) is 29.2 Å². The molecule has 1 rings (SSSR count). The summed E-state index contributed by atoms with van der Waals surface area (Å²) in [4.78, 5) is 0.417. The Bertz CT molecular complexity index is 539. The van der Waals surface area contributed by atoms with Crippen LogP contribution >= 0.6 is 0 Å². The smallest absolute Gasteiger partial charge is 0.243 e. The van der Waals surface area contributed by atoms with Crippen LogP contribution in [-0.4, -0.2) is 31.4 Å². The predicted molar refractivity (Wildman–Crippen MR) is 87.7 cm³/mol. The van der Waals surface area contributed by atoms with Crippen molar-refractivity contribution in [2.45, 2.75) is 64.6 Å². The molecular weight excluding hydrogens is 284 g/mol. The molecule has 0 aliphatic rings. The molecule has 0 aliphatic carbocycles. The third kappa shape index (κ3) is 4.80. The van der Waals surface area contributed by atoms with Crippen LogP contribution < -0.4 is 5.32 Å². The molecule has 0 unspecified atom stereocenters. The molecule has 0 aliphatic heterocycles. The van der Waals surface area contributed by atoms with Gasteiger partial charge >= 0.3 is 0 Å². The molecule has 4 nitrogen and oxygen atoms in total. The van der Waals surface area contributed by atoms with Crippen LogP contribution in [0.5, 0.6) is 0 Å². The minimum Gasteiger partial charge on any atom is -0.310 e. The predicted octanol–water partition coefficient (Wildman–Crippen LogP) is 2.99. The van der Waals surface area contributed by atoms with Gasteiger partial charge in [-0.2, -0.15) is 4.31 Å². The molecule has 1 N–H and O–H groups in total. The number of rotatable bonds is 8. The zero-order valence-corrected chi connectivity index (χ0v) is 14.6. The van der Waals surface area contributed by atoms with Crippen LogP contribution in [0.1, 0.15) is 46.6 Å². The summed E-state index contributed by atoms with van der Waals surface area (Å²) in [5.41, 5.74) is 0.827. The van der Waals surface area contributed by atoms with Gasteiger partial charge in [0.25, 0.3) is 0 Å². The summed E-state index contributed by atoms with van der Waals surface area (Å²) in [6, 6.07) is 7.54. The average Bonchev–Trinajstić information content (AvgIpc) is 2.42. The van der Waals surface area contributed by atoms with Gasteiger partial charge in [-0.05, 0) is 31.9 Å². The second kappa shape index (κ2) is 7.92. The topological polar surface area (TPSA) is 49.4 Å². The van der Waals surface area contributed by atoms with E-state index in [1.807, 2.05) is 32.9 Å². The second-order valence-electron chi connectivity index (χ2n) is 5.85. The Balaban J connectivity index is 3.18. The van der Waals surface area contributed by atoms with Crippen molar-refractivity contribution in [3.05, 3.63) is 29.8 Å². The lowest BCUT2D eigenvalue weighted by atomic mass is 10.2. The highest BCUT2D eigenvalue weighted by atomic mass is 32.2. The van der Waals surface area contributed by atoms with Crippen molar-refractivity contribution in [2.75, 3.05) is 6.54 Å². The number of sulfonamides is 1. The molecule has 0 aromatic heterocycles. The maximum atomic E-state index is 12.9. The molecule has 0 atom stereocenters. The van der Waals surface area contributed by atoms with E-state index in [9.17, 15) is 8.42 Å². The zero-order chi connectivity index (χ0) is 16.0. The molecule has 0 fully saturated rings. The highest BCUT2D eigenvalue weighted by Gasteiger charge is 2.28. The van der Waals surface area contributed by atoms with Gasteiger partial charge in [-0.15, -0.1) is 0 Å². The Labute approximate surface area is 129 Å². The maximum absolute atomic E-state index is 12.9. The Kier molecular flexibility index (Phi) is 6.84. The van der Waals surface area contributed by atoms with Crippen LogP contribution in [0.4, 0.5) is 0 Å². The summed E-state index contributed by atoms with van der Waals surface area (Å²) in [5.74, 6) is 0. The molecule has 5 heteroatoms. The lowest BCUT2D eigenvalue weighted by molar-refractivity contribution is 0.353. The standard InChI is InChI=1S/C16H28N2O2S/c1-6-11-18(14(4)5)21(19,20)16-10-8-7-9-15(16)12-17-13(2)3/h7-10,13-14,17H,6,11-12H2,1-5H3. The first-order valence-corrected chi connectivity index (χ1v) is 9.07. The van der Waals surface area contributed by atoms with Crippen LogP contribution in [0, 0.1) is 0 Å². The van der Waals surface area contributed by atoms with Crippen LogP contribution in [0.2, 0.25) is 0 Å². The third-order valence-electron chi connectivity index (χ3n) is 3.28. The van der Waals surface area contributed by atoms with Gasteiger partial charge in [0.05, 0.1) is 4.90 Å². The Morgan fingerprint density at radius 2 is 1.76 bits per heavy atom. The molecule has 0 amide bonds. The largest absolute Gasteiger partial charge is 0.310 e. The van der Waals surface area contributed by atoms with Crippen LogP contribution in [-0.2, 0) is 16.6 Å². The van der Waals surface area contributed by atoms with Crippen molar-refractivity contribution in [2.24, 2.45) is 0 Å². The van der Waals surface area contributed by atoms with E-state index in [1.165, 1.54) is 0 Å². The van der Waals surface area contributed by atoms with Gasteiger partial charge in [-0.25, -0.2) is 8.42 Å². The quantitative estimate of drug-likeness (QED) is 0.803. The van der Waals surface area contributed by atoms with Crippen molar-refractivity contribution in [3.8, 4) is 0 Å². The summed E-state index contributed by atoms with van der Waals surface area (Å²) in [5, 5.41) is 3.29. The Morgan fingerprint density at radius 1 is 1.14 bits per heavy atom. The molecule has 0 saturated carbocycles. The number of hydrogen-bond acceptors (Lipinski definition) is 3. The van der Waals surface area contributed by atoms with Crippen molar-refractivity contribution < 1.29 is 8.42 Å². The van der Waals surface area contributed by atoms with Gasteiger partial charge in [-0.1, -0.05) is 39.0 Å². The molecule has 0 saturated heterocycles. The van der Waals surface area contributed by atoms with Gasteiger partial charge < -0.3 is 5.32 Å². The van der Waals surface area contributed by atoms with Crippen molar-refractivity contribution in [1.29, 1.82) is 0 Å². The van der Waals surface area contributed by atoms with Gasteiger partial charge in [0.15, 0.2) is 0 Å². The monoisotopic (exact) mass is 312 g/mol. The van der Waals surface area contributed by atoms with Crippen molar-refractivity contribution in [1.82, 2.24) is 9.62 Å². The van der Waals surface area contributed by atoms with E-state index < -0.39 is 10.0 Å². The first-order chi connectivity index (χ1) is 9.80. The van der Waals surface area contributed by atoms with E-state index in [1.54, 1.807) is 16.4 Å². The molecule has 120 valence electrons. The van der Waals surface area contributed by atoms with Gasteiger partial charge in [0, 0.05) is 25.2 Å². The summed E-state index contributed by atoms with van der Waals surface area (Å²) < 4.78 is 27.4. The van der Waals surface area contributed by atoms with Gasteiger partial charge in [0.1, 0.15) is 0 Å². The molecule has 1 aromatic rings. The van der Waals surface area contributed by atoms with Crippen molar-refractivity contribution in [3.63, 3.8) is 0 Å². The maximum Gasteiger partial charge on any atom is 0.243 e. The first-order valence-electron chi connectivity index (χ1n) is 7.63. The molecule has 21 heavy (non-hydrogen) atoms. The lowest BCUT2D eigenvalue weighted by Crippen LogP contribution is -2.38. The molecule has 0 heterocycles. The molecule has 0 radical (unpaired) electrons. The summed E-state index contributed by atoms with van der Waals surface area (Å²) in [6.07, 6.45) is 0.809. The molecule has 0 spiro atoms. The lowest BCUT2D eigenvalue weighted by Gasteiger charge is -2.26. The third-order valence-corrected chi connectivity index (χ3v) is 5.46. The summed E-state index contributed by atoms with van der Waals surface area (Å²) >= 11 is 0. The van der Waals surface area contributed by atoms with Crippen LogP contribution in [0.25, 0.3) is 0 Å². The van der Waals surface area contributed by atoms with E-state index in [4.69, 9.17) is 0 Å². The number of benzene rings is 1. The first kappa shape index (κ1) is 18.1. The van der Waals surface area contributed by atoms with Gasteiger partial charge in [-0.3, -0.25) is 0 Å². The van der Waals surface area contributed by atoms with Crippen LogP contribution in [0.3, 0.4) is 0 Å². The molecular formula is C16H28N2O2S. The Morgan fingerprint density at radius 3 is 2.29 bits per heavy atom. The fourth-order valence-electron chi connectivity index (χ4n) is 2.22. The minimum absolute atomic E-state index is 0.0407. The summed E-state index contributed by atoms with van der Waals surface area (Å²) in [6.45, 7) is 11.0. The van der Waals surface area contributed by atoms with E-state index in [0.717, 1.165) is 12.0 Å². The van der Waals surface area contributed by atoms with E-state index >= 15 is 0 Å². The highest BCUT2D eigenvalue weighted by molar-refractivity contribution is 7.89.